The van der Waals surface area contributed by atoms with Crippen LogP contribution in [0.4, 0.5) is 4.79 Å². The number of nitrogens with one attached hydrogen (secondary N) is 2. The second kappa shape index (κ2) is 3.57. The van der Waals surface area contributed by atoms with Gasteiger partial charge >= 0.3 is 6.03 Å². The lowest BCUT2D eigenvalue weighted by Crippen LogP contribution is -2.50. The molecule has 1 fully saturated rings. The molecule has 2 amide bonds. The van der Waals surface area contributed by atoms with Crippen molar-refractivity contribution in [3.05, 3.63) is 0 Å². The minimum Gasteiger partial charge on any atom is -0.352 e. The fourth-order valence-electron chi connectivity index (χ4n) is 1.20. The fraction of sp³-hybridized carbons (Fsp3) is 0.857. The lowest BCUT2D eigenvalue weighted by molar-refractivity contribution is 0.238. The molecule has 11 heavy (non-hydrogen) atoms. The van der Waals surface area contributed by atoms with Crippen LogP contribution < -0.4 is 16.4 Å². The van der Waals surface area contributed by atoms with Gasteiger partial charge in [0, 0.05) is 12.6 Å². The Morgan fingerprint density at radius 3 is 2.91 bits per heavy atom. The van der Waals surface area contributed by atoms with Gasteiger partial charge in [0.1, 0.15) is 0 Å². The Hall–Kier alpha value is -0.770. The summed E-state index contributed by atoms with van der Waals surface area (Å²) >= 11 is 0. The lowest BCUT2D eigenvalue weighted by atomic mass is 9.93. The highest BCUT2D eigenvalue weighted by Gasteiger charge is 2.22. The maximum absolute atomic E-state index is 10.3. The minimum absolute atomic E-state index is 0.434. The van der Waals surface area contributed by atoms with Gasteiger partial charge in [-0.1, -0.05) is 6.92 Å². The molecule has 0 bridgehead atoms. The molecular weight excluding hydrogens is 142 g/mol. The van der Waals surface area contributed by atoms with Crippen molar-refractivity contribution in [3.63, 3.8) is 0 Å². The molecule has 2 atom stereocenters. The molecule has 4 nitrogen and oxygen atoms in total. The number of rotatable bonds is 3. The van der Waals surface area contributed by atoms with Gasteiger partial charge in [-0.05, 0) is 18.9 Å². The van der Waals surface area contributed by atoms with Gasteiger partial charge in [0.05, 0.1) is 0 Å². The highest BCUT2D eigenvalue weighted by Crippen LogP contribution is 2.11. The third kappa shape index (κ3) is 2.38. The number of carbonyl (C=O) groups is 1. The topological polar surface area (TPSA) is 67.1 Å². The molecular formula is C7H15N3O. The van der Waals surface area contributed by atoms with Crippen molar-refractivity contribution in [2.45, 2.75) is 19.4 Å². The second-order valence-electron chi connectivity index (χ2n) is 3.07. The Bertz CT molecular complexity index is 145. The summed E-state index contributed by atoms with van der Waals surface area (Å²) in [6.07, 6.45) is 1.21. The second-order valence-corrected chi connectivity index (χ2v) is 3.07. The summed E-state index contributed by atoms with van der Waals surface area (Å²) in [6.45, 7) is 3.88. The molecule has 64 valence electrons. The van der Waals surface area contributed by atoms with Crippen LogP contribution in [0.25, 0.3) is 0 Å². The maximum atomic E-state index is 10.3. The summed E-state index contributed by atoms with van der Waals surface area (Å²) in [5.41, 5.74) is 4.93. The van der Waals surface area contributed by atoms with E-state index in [4.69, 9.17) is 5.73 Å². The molecule has 1 aliphatic heterocycles. The summed E-state index contributed by atoms with van der Waals surface area (Å²) in [5.74, 6) is 0.483. The first-order valence-corrected chi connectivity index (χ1v) is 3.97. The average Bonchev–Trinajstić information content (AvgIpc) is 1.79. The molecule has 1 heterocycles. The Kier molecular flexibility index (Phi) is 2.70. The highest BCUT2D eigenvalue weighted by molar-refractivity contribution is 5.71. The first kappa shape index (κ1) is 8.33. The molecule has 0 radical (unpaired) electrons. The van der Waals surface area contributed by atoms with Crippen molar-refractivity contribution in [1.29, 1.82) is 0 Å². The number of hydrogen-bond donors (Lipinski definition) is 3. The number of amides is 2. The van der Waals surface area contributed by atoms with Crippen LogP contribution in [0.3, 0.4) is 0 Å². The zero-order chi connectivity index (χ0) is 8.27. The van der Waals surface area contributed by atoms with Crippen LogP contribution in [0.2, 0.25) is 0 Å². The van der Waals surface area contributed by atoms with E-state index in [2.05, 4.69) is 17.6 Å². The summed E-state index contributed by atoms with van der Waals surface area (Å²) in [4.78, 5) is 10.3. The largest absolute Gasteiger partial charge is 0.352 e. The first-order chi connectivity index (χ1) is 5.20. The van der Waals surface area contributed by atoms with Gasteiger partial charge in [0.25, 0.3) is 0 Å². The standard InChI is InChI=1S/C7H15N3O/c1-5(4-10-7(8)11)6-2-3-9-6/h5-6,9H,2-4H2,1H3,(H3,8,10,11). The van der Waals surface area contributed by atoms with E-state index in [1.54, 1.807) is 0 Å². The van der Waals surface area contributed by atoms with E-state index in [0.717, 1.165) is 6.54 Å². The van der Waals surface area contributed by atoms with Crippen LogP contribution in [0.5, 0.6) is 0 Å². The van der Waals surface area contributed by atoms with Crippen molar-refractivity contribution >= 4 is 6.03 Å². The molecule has 4 N–H and O–H groups in total. The molecule has 0 aromatic carbocycles. The van der Waals surface area contributed by atoms with Crippen molar-refractivity contribution in [1.82, 2.24) is 10.6 Å². The highest BCUT2D eigenvalue weighted by atomic mass is 16.2. The number of carbonyl (C=O) groups excluding carboxylic acids is 1. The molecule has 0 aliphatic carbocycles. The van der Waals surface area contributed by atoms with Gasteiger partial charge in [0.2, 0.25) is 0 Å². The van der Waals surface area contributed by atoms with E-state index >= 15 is 0 Å². The van der Waals surface area contributed by atoms with E-state index < -0.39 is 6.03 Å². The predicted molar refractivity (Wildman–Crippen MR) is 43.2 cm³/mol. The van der Waals surface area contributed by atoms with E-state index in [1.165, 1.54) is 6.42 Å². The Balaban J connectivity index is 2.09. The van der Waals surface area contributed by atoms with E-state index in [9.17, 15) is 4.79 Å². The van der Waals surface area contributed by atoms with Crippen molar-refractivity contribution in [2.24, 2.45) is 11.7 Å². The molecule has 2 unspecified atom stereocenters. The van der Waals surface area contributed by atoms with Crippen LogP contribution in [0.1, 0.15) is 13.3 Å². The van der Waals surface area contributed by atoms with Crippen LogP contribution in [0.15, 0.2) is 0 Å². The van der Waals surface area contributed by atoms with E-state index in [1.807, 2.05) is 0 Å². The summed E-state index contributed by atoms with van der Waals surface area (Å²) < 4.78 is 0. The van der Waals surface area contributed by atoms with E-state index in [-0.39, 0.29) is 0 Å². The third-order valence-corrected chi connectivity index (χ3v) is 2.15. The lowest BCUT2D eigenvalue weighted by Gasteiger charge is -2.33. The fourth-order valence-corrected chi connectivity index (χ4v) is 1.20. The van der Waals surface area contributed by atoms with Gasteiger partial charge in [-0.25, -0.2) is 4.79 Å². The van der Waals surface area contributed by atoms with E-state index in [0.29, 0.717) is 18.5 Å². The SMILES string of the molecule is CC(CNC(N)=O)C1CCN1. The van der Waals surface area contributed by atoms with Gasteiger partial charge in [-0.3, -0.25) is 0 Å². The normalized spacial score (nSPS) is 25.4. The van der Waals surface area contributed by atoms with Crippen molar-refractivity contribution in [2.75, 3.05) is 13.1 Å². The summed E-state index contributed by atoms with van der Waals surface area (Å²) in [7, 11) is 0. The van der Waals surface area contributed by atoms with Gasteiger partial charge in [-0.2, -0.15) is 0 Å². The quantitative estimate of drug-likeness (QED) is 0.524. The monoisotopic (exact) mass is 157 g/mol. The smallest absolute Gasteiger partial charge is 0.312 e. The number of hydrogen-bond acceptors (Lipinski definition) is 2. The van der Waals surface area contributed by atoms with Gasteiger partial charge in [0.15, 0.2) is 0 Å². The van der Waals surface area contributed by atoms with Crippen molar-refractivity contribution in [3.8, 4) is 0 Å². The van der Waals surface area contributed by atoms with Crippen LogP contribution in [-0.4, -0.2) is 25.2 Å². The zero-order valence-electron chi connectivity index (χ0n) is 6.76. The molecule has 0 aromatic heterocycles. The number of urea groups is 1. The number of primary amides is 1. The average molecular weight is 157 g/mol. The molecule has 0 aromatic rings. The maximum Gasteiger partial charge on any atom is 0.312 e. The van der Waals surface area contributed by atoms with Crippen LogP contribution >= 0.6 is 0 Å². The molecule has 0 spiro atoms. The Morgan fingerprint density at radius 2 is 2.55 bits per heavy atom. The number of nitrogens with two attached hydrogens (primary N) is 1. The molecule has 1 aliphatic rings. The summed E-state index contributed by atoms with van der Waals surface area (Å²) in [6, 6.07) is 0.137. The molecule has 4 heteroatoms. The zero-order valence-corrected chi connectivity index (χ0v) is 6.76. The Morgan fingerprint density at radius 1 is 1.91 bits per heavy atom. The Labute approximate surface area is 66.5 Å². The van der Waals surface area contributed by atoms with Gasteiger partial charge < -0.3 is 16.4 Å². The van der Waals surface area contributed by atoms with Gasteiger partial charge in [-0.15, -0.1) is 0 Å². The molecule has 1 saturated heterocycles. The molecule has 1 rings (SSSR count). The predicted octanol–water partition coefficient (Wildman–Crippen LogP) is -0.347. The third-order valence-electron chi connectivity index (χ3n) is 2.15. The van der Waals surface area contributed by atoms with Crippen LogP contribution in [0, 0.1) is 5.92 Å². The summed E-state index contributed by atoms with van der Waals surface area (Å²) in [5, 5.41) is 5.87. The first-order valence-electron chi connectivity index (χ1n) is 3.97. The van der Waals surface area contributed by atoms with Crippen LogP contribution in [-0.2, 0) is 0 Å². The minimum atomic E-state index is -0.434. The molecule has 0 saturated carbocycles. The van der Waals surface area contributed by atoms with Crippen molar-refractivity contribution < 1.29 is 4.79 Å².